The lowest BCUT2D eigenvalue weighted by Crippen LogP contribution is -2.29. The van der Waals surface area contributed by atoms with Crippen LogP contribution < -0.4 is 11.1 Å². The van der Waals surface area contributed by atoms with Gasteiger partial charge in [-0.05, 0) is 37.4 Å². The van der Waals surface area contributed by atoms with E-state index in [1.54, 1.807) is 6.20 Å². The first-order chi connectivity index (χ1) is 6.76. The van der Waals surface area contributed by atoms with E-state index in [4.69, 9.17) is 5.73 Å². The summed E-state index contributed by atoms with van der Waals surface area (Å²) in [5, 5.41) is 3.29. The molecule has 0 aliphatic carbocycles. The fourth-order valence-electron chi connectivity index (χ4n) is 1.35. The third-order valence-corrected chi connectivity index (χ3v) is 2.84. The molecule has 4 heteroatoms. The van der Waals surface area contributed by atoms with Gasteiger partial charge in [0.2, 0.25) is 0 Å². The average Bonchev–Trinajstić information content (AvgIpc) is 2.17. The number of hydrogen-bond donors (Lipinski definition) is 2. The molecule has 0 aromatic carbocycles. The van der Waals surface area contributed by atoms with Crippen molar-refractivity contribution >= 4 is 17.6 Å². The van der Waals surface area contributed by atoms with Crippen molar-refractivity contribution in [2.45, 2.75) is 12.5 Å². The Hall–Kier alpha value is -0.740. The summed E-state index contributed by atoms with van der Waals surface area (Å²) in [6, 6.07) is 4.46. The van der Waals surface area contributed by atoms with Crippen molar-refractivity contribution in [1.82, 2.24) is 10.3 Å². The Morgan fingerprint density at radius 1 is 1.64 bits per heavy atom. The standard InChI is InChI=1S/C10H17N3S/c1-12-9(7-14-2)5-8-3-4-13-10(11)6-8/h3-4,6,9,12H,5,7H2,1-2H3,(H2,11,13). The zero-order chi connectivity index (χ0) is 10.4. The van der Waals surface area contributed by atoms with E-state index in [2.05, 4.69) is 16.6 Å². The van der Waals surface area contributed by atoms with Crippen LogP contribution in [0.5, 0.6) is 0 Å². The Balaban J connectivity index is 2.57. The second-order valence-corrected chi connectivity index (χ2v) is 4.14. The first-order valence-electron chi connectivity index (χ1n) is 4.63. The predicted octanol–water partition coefficient (Wildman–Crippen LogP) is 1.16. The molecule has 3 N–H and O–H groups in total. The number of pyridine rings is 1. The molecule has 1 heterocycles. The van der Waals surface area contributed by atoms with Crippen LogP contribution in [0.4, 0.5) is 5.82 Å². The fourth-order valence-corrected chi connectivity index (χ4v) is 2.04. The van der Waals surface area contributed by atoms with Gasteiger partial charge < -0.3 is 11.1 Å². The van der Waals surface area contributed by atoms with E-state index in [0.29, 0.717) is 11.9 Å². The number of likely N-dealkylation sites (N-methyl/N-ethyl adjacent to an activating group) is 1. The Morgan fingerprint density at radius 3 is 3.00 bits per heavy atom. The molecule has 0 radical (unpaired) electrons. The molecule has 0 aliphatic heterocycles. The van der Waals surface area contributed by atoms with E-state index in [1.165, 1.54) is 5.56 Å². The van der Waals surface area contributed by atoms with E-state index in [-0.39, 0.29) is 0 Å². The highest BCUT2D eigenvalue weighted by Gasteiger charge is 2.06. The lowest BCUT2D eigenvalue weighted by Gasteiger charge is -2.14. The molecule has 0 fully saturated rings. The third kappa shape index (κ3) is 3.55. The van der Waals surface area contributed by atoms with Crippen molar-refractivity contribution in [3.63, 3.8) is 0 Å². The lowest BCUT2D eigenvalue weighted by atomic mass is 10.1. The summed E-state index contributed by atoms with van der Waals surface area (Å²) in [5.74, 6) is 1.71. The monoisotopic (exact) mass is 211 g/mol. The Labute approximate surface area is 89.5 Å². The summed E-state index contributed by atoms with van der Waals surface area (Å²) in [7, 11) is 1.99. The molecule has 14 heavy (non-hydrogen) atoms. The Kier molecular flexibility index (Phi) is 4.76. The molecular weight excluding hydrogens is 194 g/mol. The highest BCUT2D eigenvalue weighted by atomic mass is 32.2. The third-order valence-electron chi connectivity index (χ3n) is 2.10. The Bertz CT molecular complexity index is 278. The smallest absolute Gasteiger partial charge is 0.123 e. The normalized spacial score (nSPS) is 12.7. The zero-order valence-corrected chi connectivity index (χ0v) is 9.47. The minimum absolute atomic E-state index is 0.506. The SMILES string of the molecule is CNC(CSC)Cc1ccnc(N)c1. The largest absolute Gasteiger partial charge is 0.384 e. The molecule has 1 rings (SSSR count). The molecule has 1 aromatic heterocycles. The van der Waals surface area contributed by atoms with Crippen molar-refractivity contribution in [3.8, 4) is 0 Å². The first-order valence-corrected chi connectivity index (χ1v) is 6.02. The predicted molar refractivity (Wildman–Crippen MR) is 63.6 cm³/mol. The highest BCUT2D eigenvalue weighted by Crippen LogP contribution is 2.08. The summed E-state index contributed by atoms with van der Waals surface area (Å²) < 4.78 is 0. The van der Waals surface area contributed by atoms with E-state index in [1.807, 2.05) is 30.9 Å². The van der Waals surface area contributed by atoms with Crippen molar-refractivity contribution in [2.75, 3.05) is 24.8 Å². The van der Waals surface area contributed by atoms with E-state index < -0.39 is 0 Å². The molecule has 0 aliphatic rings. The molecular formula is C10H17N3S. The van der Waals surface area contributed by atoms with Crippen molar-refractivity contribution in [2.24, 2.45) is 0 Å². The van der Waals surface area contributed by atoms with Crippen LogP contribution in [-0.4, -0.2) is 30.1 Å². The zero-order valence-electron chi connectivity index (χ0n) is 8.66. The van der Waals surface area contributed by atoms with Gasteiger partial charge in [0.1, 0.15) is 5.82 Å². The van der Waals surface area contributed by atoms with E-state index in [9.17, 15) is 0 Å². The summed E-state index contributed by atoms with van der Waals surface area (Å²) in [4.78, 5) is 3.97. The average molecular weight is 211 g/mol. The molecule has 0 spiro atoms. The molecule has 78 valence electrons. The topological polar surface area (TPSA) is 50.9 Å². The van der Waals surface area contributed by atoms with Gasteiger partial charge in [0.25, 0.3) is 0 Å². The van der Waals surface area contributed by atoms with Gasteiger partial charge in [0, 0.05) is 18.0 Å². The van der Waals surface area contributed by atoms with Gasteiger partial charge >= 0.3 is 0 Å². The first kappa shape index (κ1) is 11.3. The summed E-state index contributed by atoms with van der Waals surface area (Å²) in [6.07, 6.45) is 4.88. The maximum absolute atomic E-state index is 5.61. The van der Waals surface area contributed by atoms with Gasteiger partial charge in [-0.15, -0.1) is 0 Å². The van der Waals surface area contributed by atoms with Crippen LogP contribution in [0, 0.1) is 0 Å². The van der Waals surface area contributed by atoms with Crippen LogP contribution in [0.1, 0.15) is 5.56 Å². The fraction of sp³-hybridized carbons (Fsp3) is 0.500. The van der Waals surface area contributed by atoms with Gasteiger partial charge in [-0.25, -0.2) is 4.98 Å². The number of thioether (sulfide) groups is 1. The molecule has 1 atom stereocenters. The van der Waals surface area contributed by atoms with Gasteiger partial charge in [-0.1, -0.05) is 0 Å². The van der Waals surface area contributed by atoms with Crippen molar-refractivity contribution < 1.29 is 0 Å². The molecule has 1 unspecified atom stereocenters. The quantitative estimate of drug-likeness (QED) is 0.767. The summed E-state index contributed by atoms with van der Waals surface area (Å²) >= 11 is 1.85. The number of nitrogens with zero attached hydrogens (tertiary/aromatic N) is 1. The van der Waals surface area contributed by atoms with Crippen LogP contribution in [0.15, 0.2) is 18.3 Å². The Morgan fingerprint density at radius 2 is 2.43 bits per heavy atom. The van der Waals surface area contributed by atoms with Crippen LogP contribution >= 0.6 is 11.8 Å². The molecule has 0 amide bonds. The molecule has 0 bridgehead atoms. The maximum Gasteiger partial charge on any atom is 0.123 e. The van der Waals surface area contributed by atoms with Gasteiger partial charge in [0.05, 0.1) is 0 Å². The van der Waals surface area contributed by atoms with Gasteiger partial charge in [-0.3, -0.25) is 0 Å². The number of hydrogen-bond acceptors (Lipinski definition) is 4. The molecule has 0 saturated heterocycles. The highest BCUT2D eigenvalue weighted by molar-refractivity contribution is 7.98. The van der Waals surface area contributed by atoms with Crippen molar-refractivity contribution in [1.29, 1.82) is 0 Å². The van der Waals surface area contributed by atoms with Gasteiger partial charge in [0.15, 0.2) is 0 Å². The second kappa shape index (κ2) is 5.88. The van der Waals surface area contributed by atoms with Crippen molar-refractivity contribution in [3.05, 3.63) is 23.9 Å². The summed E-state index contributed by atoms with van der Waals surface area (Å²) in [6.45, 7) is 0. The minimum Gasteiger partial charge on any atom is -0.384 e. The maximum atomic E-state index is 5.61. The number of nitrogen functional groups attached to an aromatic ring is 1. The molecule has 3 nitrogen and oxygen atoms in total. The van der Waals surface area contributed by atoms with Crippen LogP contribution in [-0.2, 0) is 6.42 Å². The number of nitrogens with two attached hydrogens (primary N) is 1. The van der Waals surface area contributed by atoms with E-state index in [0.717, 1.165) is 12.2 Å². The molecule has 0 saturated carbocycles. The van der Waals surface area contributed by atoms with Gasteiger partial charge in [-0.2, -0.15) is 11.8 Å². The number of rotatable bonds is 5. The minimum atomic E-state index is 0.506. The molecule has 1 aromatic rings. The van der Waals surface area contributed by atoms with Crippen LogP contribution in [0.3, 0.4) is 0 Å². The van der Waals surface area contributed by atoms with Crippen LogP contribution in [0.25, 0.3) is 0 Å². The number of nitrogens with one attached hydrogen (secondary N) is 1. The lowest BCUT2D eigenvalue weighted by molar-refractivity contribution is 0.617. The van der Waals surface area contributed by atoms with Crippen LogP contribution in [0.2, 0.25) is 0 Å². The number of anilines is 1. The second-order valence-electron chi connectivity index (χ2n) is 3.23. The number of aromatic nitrogens is 1. The van der Waals surface area contributed by atoms with E-state index >= 15 is 0 Å². The summed E-state index contributed by atoms with van der Waals surface area (Å²) in [5.41, 5.74) is 6.85.